The Kier molecular flexibility index (Phi) is 6.19. The molecule has 2 saturated carbocycles. The van der Waals surface area contributed by atoms with Crippen molar-refractivity contribution >= 4 is 22.1 Å². The zero-order valence-corrected chi connectivity index (χ0v) is 16.8. The van der Waals surface area contributed by atoms with E-state index in [2.05, 4.69) is 16.1 Å². The zero-order chi connectivity index (χ0) is 25.1. The topological polar surface area (TPSA) is 107 Å². The van der Waals surface area contributed by atoms with Crippen LogP contribution in [0.25, 0.3) is 0 Å². The summed E-state index contributed by atoms with van der Waals surface area (Å²) in [6.45, 7) is 3.95. The van der Waals surface area contributed by atoms with Crippen LogP contribution >= 0.6 is 0 Å². The summed E-state index contributed by atoms with van der Waals surface area (Å²) >= 11 is 0. The van der Waals surface area contributed by atoms with Gasteiger partial charge in [-0.1, -0.05) is 6.58 Å². The van der Waals surface area contributed by atoms with Gasteiger partial charge in [0.25, 0.3) is 0 Å². The Morgan fingerprint density at radius 2 is 1.53 bits per heavy atom. The number of carbonyl (C=O) groups is 2. The maximum absolute atomic E-state index is 14.1. The monoisotopic (exact) mass is 504 g/mol. The standard InChI is InChI=1S/C16H16F8O7S/c1-7(2)10(25)30-12(6-8-3-4-9(12)5-8)14(15(19,20)21,16(22,23)24)31-11(26)13(17,18)32(27,28)29/h8-9H,1,3-6H2,2H3,(H,27,28,29). The number of halogens is 8. The molecule has 184 valence electrons. The molecule has 7 nitrogen and oxygen atoms in total. The summed E-state index contributed by atoms with van der Waals surface area (Å²) in [5, 5.41) is -6.19. The van der Waals surface area contributed by atoms with Crippen LogP contribution < -0.4 is 0 Å². The van der Waals surface area contributed by atoms with E-state index >= 15 is 0 Å². The lowest BCUT2D eigenvalue weighted by molar-refractivity contribution is -0.420. The number of alkyl halides is 8. The van der Waals surface area contributed by atoms with Crippen LogP contribution in [0.1, 0.15) is 32.6 Å². The minimum atomic E-state index is -6.82. The maximum Gasteiger partial charge on any atom is 0.465 e. The summed E-state index contributed by atoms with van der Waals surface area (Å²) < 4.78 is 150. The average Bonchev–Trinajstić information content (AvgIpc) is 3.17. The minimum absolute atomic E-state index is 0.123. The first-order valence-corrected chi connectivity index (χ1v) is 10.2. The molecule has 2 aliphatic carbocycles. The minimum Gasteiger partial charge on any atom is -0.450 e. The molecule has 0 aromatic rings. The van der Waals surface area contributed by atoms with Gasteiger partial charge in [-0.2, -0.15) is 43.5 Å². The smallest absolute Gasteiger partial charge is 0.450 e. The van der Waals surface area contributed by atoms with Crippen molar-refractivity contribution in [2.75, 3.05) is 0 Å². The molecule has 0 amide bonds. The molecule has 16 heteroatoms. The van der Waals surface area contributed by atoms with E-state index in [1.165, 1.54) is 0 Å². The molecule has 2 fully saturated rings. The summed E-state index contributed by atoms with van der Waals surface area (Å²) in [4.78, 5) is 23.7. The average molecular weight is 504 g/mol. The third-order valence-corrected chi connectivity index (χ3v) is 6.43. The highest BCUT2D eigenvalue weighted by atomic mass is 32.2. The lowest BCUT2D eigenvalue weighted by Gasteiger charge is -2.51. The Bertz CT molecular complexity index is 910. The second-order valence-electron chi connectivity index (χ2n) is 7.70. The van der Waals surface area contributed by atoms with Crippen LogP contribution in [0.15, 0.2) is 12.2 Å². The van der Waals surface area contributed by atoms with Crippen molar-refractivity contribution in [3.05, 3.63) is 12.2 Å². The Hall–Kier alpha value is -1.97. The first-order chi connectivity index (χ1) is 14.1. The van der Waals surface area contributed by atoms with Gasteiger partial charge in [-0.25, -0.2) is 9.59 Å². The summed E-state index contributed by atoms with van der Waals surface area (Å²) in [5.74, 6) is -8.19. The summed E-state index contributed by atoms with van der Waals surface area (Å²) in [7, 11) is -6.82. The highest BCUT2D eigenvalue weighted by molar-refractivity contribution is 7.87. The predicted molar refractivity (Wildman–Crippen MR) is 86.5 cm³/mol. The molecular weight excluding hydrogens is 488 g/mol. The van der Waals surface area contributed by atoms with Crippen LogP contribution in [0.2, 0.25) is 0 Å². The van der Waals surface area contributed by atoms with E-state index in [1.807, 2.05) is 0 Å². The van der Waals surface area contributed by atoms with E-state index in [4.69, 9.17) is 4.55 Å². The lowest BCUT2D eigenvalue weighted by atomic mass is 9.70. The fraction of sp³-hybridized carbons (Fsp3) is 0.750. The van der Waals surface area contributed by atoms with Crippen LogP contribution in [-0.2, 0) is 29.2 Å². The van der Waals surface area contributed by atoms with E-state index in [0.717, 1.165) is 6.92 Å². The van der Waals surface area contributed by atoms with Gasteiger partial charge in [-0.15, -0.1) is 0 Å². The lowest BCUT2D eigenvalue weighted by Crippen LogP contribution is -2.76. The molecule has 0 aromatic carbocycles. The van der Waals surface area contributed by atoms with Crippen molar-refractivity contribution in [2.24, 2.45) is 11.8 Å². The van der Waals surface area contributed by atoms with Gasteiger partial charge in [0, 0.05) is 11.5 Å². The van der Waals surface area contributed by atoms with Crippen molar-refractivity contribution in [3.8, 4) is 0 Å². The second kappa shape index (κ2) is 7.53. The Morgan fingerprint density at radius 3 is 1.84 bits per heavy atom. The fourth-order valence-corrected chi connectivity index (χ4v) is 4.56. The Morgan fingerprint density at radius 1 is 1.03 bits per heavy atom. The van der Waals surface area contributed by atoms with Crippen molar-refractivity contribution in [1.29, 1.82) is 0 Å². The molecule has 3 unspecified atom stereocenters. The van der Waals surface area contributed by atoms with E-state index in [-0.39, 0.29) is 19.3 Å². The summed E-state index contributed by atoms with van der Waals surface area (Å²) in [6.07, 6.45) is -15.2. The number of ether oxygens (including phenoxy) is 2. The van der Waals surface area contributed by atoms with Gasteiger partial charge in [0.1, 0.15) is 0 Å². The highest BCUT2D eigenvalue weighted by Crippen LogP contribution is 2.65. The van der Waals surface area contributed by atoms with Crippen LogP contribution in [0, 0.1) is 11.8 Å². The molecular formula is C16H16F8O7S. The largest absolute Gasteiger partial charge is 0.465 e. The van der Waals surface area contributed by atoms with Gasteiger partial charge >= 0.3 is 45.3 Å². The molecule has 0 heterocycles. The van der Waals surface area contributed by atoms with Gasteiger partial charge in [0.15, 0.2) is 5.60 Å². The quantitative estimate of drug-likeness (QED) is 0.255. The second-order valence-corrected chi connectivity index (χ2v) is 9.16. The van der Waals surface area contributed by atoms with E-state index in [0.29, 0.717) is 0 Å². The van der Waals surface area contributed by atoms with Gasteiger partial charge in [0.05, 0.1) is 0 Å². The number of carbonyl (C=O) groups excluding carboxylic acids is 2. The van der Waals surface area contributed by atoms with Crippen molar-refractivity contribution in [3.63, 3.8) is 0 Å². The van der Waals surface area contributed by atoms with Crippen molar-refractivity contribution in [2.45, 2.75) is 61.4 Å². The van der Waals surface area contributed by atoms with Crippen LogP contribution in [0.5, 0.6) is 0 Å². The molecule has 0 saturated heterocycles. The van der Waals surface area contributed by atoms with Crippen molar-refractivity contribution < 1.29 is 67.2 Å². The van der Waals surface area contributed by atoms with Gasteiger partial charge in [-0.3, -0.25) is 4.55 Å². The fourth-order valence-electron chi connectivity index (χ4n) is 4.31. The van der Waals surface area contributed by atoms with E-state index < -0.39 is 74.7 Å². The highest BCUT2D eigenvalue weighted by Gasteiger charge is 2.88. The molecule has 0 aromatic heterocycles. The molecule has 0 aliphatic heterocycles. The molecule has 1 N–H and O–H groups in total. The van der Waals surface area contributed by atoms with Gasteiger partial charge in [-0.05, 0) is 38.5 Å². The van der Waals surface area contributed by atoms with E-state index in [1.54, 1.807) is 0 Å². The number of esters is 2. The van der Waals surface area contributed by atoms with Crippen LogP contribution in [0.3, 0.4) is 0 Å². The molecule has 2 bridgehead atoms. The van der Waals surface area contributed by atoms with E-state index in [9.17, 15) is 53.1 Å². The third kappa shape index (κ3) is 3.74. The molecule has 2 aliphatic rings. The number of hydrogen-bond donors (Lipinski definition) is 1. The molecule has 0 spiro atoms. The SMILES string of the molecule is C=C(C)C(=O)OC1(C(OC(=O)C(F)(F)S(=O)(=O)O)(C(F)(F)F)C(F)(F)F)CC2CCC1C2. The van der Waals surface area contributed by atoms with Crippen LogP contribution in [0.4, 0.5) is 35.1 Å². The Balaban J connectivity index is 2.84. The maximum atomic E-state index is 14.1. The predicted octanol–water partition coefficient (Wildman–Crippen LogP) is 3.55. The van der Waals surface area contributed by atoms with Crippen molar-refractivity contribution in [1.82, 2.24) is 0 Å². The normalized spacial score (nSPS) is 26.7. The zero-order valence-electron chi connectivity index (χ0n) is 16.0. The number of hydrogen-bond acceptors (Lipinski definition) is 6. The number of fused-ring (bicyclic) bond motifs is 2. The Labute approximate surface area is 175 Å². The van der Waals surface area contributed by atoms with Gasteiger partial charge < -0.3 is 9.47 Å². The van der Waals surface area contributed by atoms with Crippen LogP contribution in [-0.4, -0.2) is 53.7 Å². The summed E-state index contributed by atoms with van der Waals surface area (Å²) in [5.41, 5.74) is -10.3. The number of rotatable bonds is 6. The van der Waals surface area contributed by atoms with Gasteiger partial charge in [0.2, 0.25) is 0 Å². The summed E-state index contributed by atoms with van der Waals surface area (Å²) in [6, 6.07) is 0. The molecule has 3 atom stereocenters. The molecule has 2 rings (SSSR count). The third-order valence-electron chi connectivity index (χ3n) is 5.62. The first kappa shape index (κ1) is 26.3. The first-order valence-electron chi connectivity index (χ1n) is 8.74. The molecule has 0 radical (unpaired) electrons. The molecule has 32 heavy (non-hydrogen) atoms.